The predicted molar refractivity (Wildman–Crippen MR) is 88.4 cm³/mol. The molecular formula is C17H26N4O. The highest BCUT2D eigenvalue weighted by Crippen LogP contribution is 2.30. The first-order valence-corrected chi connectivity index (χ1v) is 8.31. The van der Waals surface area contributed by atoms with Crippen LogP contribution in [0.5, 0.6) is 0 Å². The van der Waals surface area contributed by atoms with Crippen LogP contribution in [-0.2, 0) is 5.54 Å². The topological polar surface area (TPSA) is 52.7 Å². The molecule has 2 aromatic rings. The molecule has 0 N–H and O–H groups in total. The van der Waals surface area contributed by atoms with Gasteiger partial charge in [-0.05, 0) is 39.5 Å². The summed E-state index contributed by atoms with van der Waals surface area (Å²) in [4.78, 5) is 13.1. The van der Waals surface area contributed by atoms with Crippen LogP contribution in [0.25, 0.3) is 10.9 Å². The van der Waals surface area contributed by atoms with E-state index in [-0.39, 0.29) is 23.1 Å². The van der Waals surface area contributed by atoms with Crippen LogP contribution in [0.4, 0.5) is 0 Å². The van der Waals surface area contributed by atoms with Crippen molar-refractivity contribution in [3.63, 3.8) is 0 Å². The van der Waals surface area contributed by atoms with Crippen LogP contribution in [0.2, 0.25) is 0 Å². The number of nitrogens with zero attached hydrogens (tertiary/aromatic N) is 4. The highest BCUT2D eigenvalue weighted by molar-refractivity contribution is 5.80. The molecule has 1 aliphatic carbocycles. The van der Waals surface area contributed by atoms with Crippen molar-refractivity contribution in [2.75, 3.05) is 0 Å². The summed E-state index contributed by atoms with van der Waals surface area (Å²) >= 11 is 0. The molecule has 0 radical (unpaired) electrons. The van der Waals surface area contributed by atoms with Gasteiger partial charge in [0, 0.05) is 5.39 Å². The molecular weight excluding hydrogens is 276 g/mol. The van der Waals surface area contributed by atoms with E-state index in [0.29, 0.717) is 5.52 Å². The Morgan fingerprint density at radius 2 is 1.86 bits per heavy atom. The third kappa shape index (κ3) is 2.36. The summed E-state index contributed by atoms with van der Waals surface area (Å²) in [6, 6.07) is 0.248. The van der Waals surface area contributed by atoms with Gasteiger partial charge in [-0.2, -0.15) is 10.2 Å². The zero-order valence-corrected chi connectivity index (χ0v) is 14.3. The maximum atomic E-state index is 13.1. The molecule has 2 aromatic heterocycles. The number of rotatable bonds is 2. The van der Waals surface area contributed by atoms with E-state index in [4.69, 9.17) is 5.10 Å². The second-order valence-corrected chi connectivity index (χ2v) is 7.72. The summed E-state index contributed by atoms with van der Waals surface area (Å²) in [7, 11) is 0. The molecule has 1 aliphatic rings. The Bertz CT molecular complexity index is 742. The van der Waals surface area contributed by atoms with Gasteiger partial charge in [-0.25, -0.2) is 4.68 Å². The molecule has 22 heavy (non-hydrogen) atoms. The lowest BCUT2D eigenvalue weighted by Gasteiger charge is -2.22. The second kappa shape index (κ2) is 5.21. The quantitative estimate of drug-likeness (QED) is 0.852. The SMILES string of the molecule is CC(C)c1nn(C2CCCC2)c(=O)c2c1cnn2C(C)(C)C. The van der Waals surface area contributed by atoms with Gasteiger partial charge in [0.1, 0.15) is 5.52 Å². The highest BCUT2D eigenvalue weighted by atomic mass is 16.1. The van der Waals surface area contributed by atoms with Crippen LogP contribution in [0, 0.1) is 0 Å². The average Bonchev–Trinajstić information content (AvgIpc) is 3.06. The van der Waals surface area contributed by atoms with Gasteiger partial charge < -0.3 is 0 Å². The second-order valence-electron chi connectivity index (χ2n) is 7.72. The third-order valence-corrected chi connectivity index (χ3v) is 4.52. The molecule has 1 saturated carbocycles. The summed E-state index contributed by atoms with van der Waals surface area (Å²) in [5.41, 5.74) is 1.48. The molecule has 0 amide bonds. The molecule has 120 valence electrons. The van der Waals surface area contributed by atoms with Crippen molar-refractivity contribution in [2.24, 2.45) is 0 Å². The molecule has 1 fully saturated rings. The maximum absolute atomic E-state index is 13.1. The maximum Gasteiger partial charge on any atom is 0.293 e. The lowest BCUT2D eigenvalue weighted by Crippen LogP contribution is -2.32. The standard InChI is InChI=1S/C17H26N4O/c1-11(2)14-13-10-18-21(17(3,4)5)15(13)16(22)20(19-14)12-8-6-7-9-12/h10-12H,6-9H2,1-5H3. The fraction of sp³-hybridized carbons (Fsp3) is 0.706. The monoisotopic (exact) mass is 302 g/mol. The minimum absolute atomic E-state index is 0.0127. The van der Waals surface area contributed by atoms with Gasteiger partial charge in [-0.3, -0.25) is 9.48 Å². The first-order valence-electron chi connectivity index (χ1n) is 8.31. The molecule has 5 nitrogen and oxygen atoms in total. The normalized spacial score (nSPS) is 17.0. The van der Waals surface area contributed by atoms with E-state index < -0.39 is 0 Å². The first kappa shape index (κ1) is 15.3. The minimum atomic E-state index is -0.218. The van der Waals surface area contributed by atoms with Crippen molar-refractivity contribution in [1.82, 2.24) is 19.6 Å². The molecule has 3 rings (SSSR count). The van der Waals surface area contributed by atoms with Gasteiger partial charge in [0.25, 0.3) is 5.56 Å². The van der Waals surface area contributed by atoms with E-state index in [1.165, 1.54) is 12.8 Å². The van der Waals surface area contributed by atoms with Crippen LogP contribution < -0.4 is 5.56 Å². The van der Waals surface area contributed by atoms with Crippen LogP contribution in [0.15, 0.2) is 11.0 Å². The van der Waals surface area contributed by atoms with Crippen molar-refractivity contribution in [2.45, 2.75) is 77.8 Å². The molecule has 0 aromatic carbocycles. The lowest BCUT2D eigenvalue weighted by molar-refractivity contribution is 0.364. The predicted octanol–water partition coefficient (Wildman–Crippen LogP) is 3.59. The summed E-state index contributed by atoms with van der Waals surface area (Å²) < 4.78 is 3.61. The van der Waals surface area contributed by atoms with Gasteiger partial charge in [0.15, 0.2) is 0 Å². The van der Waals surface area contributed by atoms with Gasteiger partial charge in [0.2, 0.25) is 0 Å². The highest BCUT2D eigenvalue weighted by Gasteiger charge is 2.27. The fourth-order valence-corrected chi connectivity index (χ4v) is 3.40. The Labute approximate surface area is 131 Å². The van der Waals surface area contributed by atoms with Crippen molar-refractivity contribution >= 4 is 10.9 Å². The minimum Gasteiger partial charge on any atom is -0.265 e. The average molecular weight is 302 g/mol. The van der Waals surface area contributed by atoms with E-state index in [9.17, 15) is 4.79 Å². The molecule has 0 bridgehead atoms. The Kier molecular flexibility index (Phi) is 3.62. The van der Waals surface area contributed by atoms with Crippen LogP contribution in [-0.4, -0.2) is 19.6 Å². The summed E-state index contributed by atoms with van der Waals surface area (Å²) in [6.45, 7) is 10.5. The Balaban J connectivity index is 2.34. The molecule has 0 spiro atoms. The number of fused-ring (bicyclic) bond motifs is 1. The third-order valence-electron chi connectivity index (χ3n) is 4.52. The van der Waals surface area contributed by atoms with E-state index in [0.717, 1.165) is 23.9 Å². The zero-order valence-electron chi connectivity index (χ0n) is 14.3. The number of hydrogen-bond acceptors (Lipinski definition) is 3. The van der Waals surface area contributed by atoms with Gasteiger partial charge in [-0.1, -0.05) is 26.7 Å². The van der Waals surface area contributed by atoms with Crippen molar-refractivity contribution < 1.29 is 0 Å². The lowest BCUT2D eigenvalue weighted by atomic mass is 10.1. The van der Waals surface area contributed by atoms with Crippen LogP contribution in [0.3, 0.4) is 0 Å². The molecule has 0 aliphatic heterocycles. The van der Waals surface area contributed by atoms with Crippen molar-refractivity contribution in [3.05, 3.63) is 22.2 Å². The summed E-state index contributed by atoms with van der Waals surface area (Å²) in [6.07, 6.45) is 6.29. The number of hydrogen-bond donors (Lipinski definition) is 0. The Hall–Kier alpha value is -1.65. The van der Waals surface area contributed by atoms with E-state index >= 15 is 0 Å². The summed E-state index contributed by atoms with van der Waals surface area (Å²) in [5.74, 6) is 0.272. The Morgan fingerprint density at radius 3 is 2.41 bits per heavy atom. The van der Waals surface area contributed by atoms with Crippen molar-refractivity contribution in [3.8, 4) is 0 Å². The first-order chi connectivity index (χ1) is 10.3. The van der Waals surface area contributed by atoms with E-state index in [1.807, 2.05) is 10.9 Å². The van der Waals surface area contributed by atoms with Gasteiger partial charge in [-0.15, -0.1) is 0 Å². The number of aromatic nitrogens is 4. The Morgan fingerprint density at radius 1 is 1.23 bits per heavy atom. The largest absolute Gasteiger partial charge is 0.293 e. The van der Waals surface area contributed by atoms with E-state index in [2.05, 4.69) is 39.7 Å². The van der Waals surface area contributed by atoms with Crippen molar-refractivity contribution in [1.29, 1.82) is 0 Å². The molecule has 0 saturated heterocycles. The molecule has 2 heterocycles. The van der Waals surface area contributed by atoms with Gasteiger partial charge >= 0.3 is 0 Å². The smallest absolute Gasteiger partial charge is 0.265 e. The van der Waals surface area contributed by atoms with Crippen LogP contribution >= 0.6 is 0 Å². The van der Waals surface area contributed by atoms with Crippen LogP contribution in [0.1, 0.15) is 78.0 Å². The summed E-state index contributed by atoms with van der Waals surface area (Å²) in [5, 5.41) is 10.1. The van der Waals surface area contributed by atoms with Gasteiger partial charge in [0.05, 0.1) is 23.5 Å². The fourth-order valence-electron chi connectivity index (χ4n) is 3.40. The molecule has 0 atom stereocenters. The zero-order chi connectivity index (χ0) is 16.1. The molecule has 0 unspecified atom stereocenters. The van der Waals surface area contributed by atoms with E-state index in [1.54, 1.807) is 4.68 Å². The molecule has 5 heteroatoms.